The first-order valence-corrected chi connectivity index (χ1v) is 9.76. The molecule has 146 valence electrons. The van der Waals surface area contributed by atoms with Crippen molar-refractivity contribution >= 4 is 10.1 Å². The van der Waals surface area contributed by atoms with Gasteiger partial charge in [-0.05, 0) is 30.4 Å². The van der Waals surface area contributed by atoms with Crippen LogP contribution in [0.4, 0.5) is 17.6 Å². The van der Waals surface area contributed by atoms with Gasteiger partial charge in [-0.3, -0.25) is 4.55 Å². The monoisotopic (exact) mass is 404 g/mol. The minimum Gasteiger partial charge on any atom is -0.451 e. The third-order valence-electron chi connectivity index (χ3n) is 4.62. The molecular formula is C18H16F4O4S. The molecule has 0 spiro atoms. The second kappa shape index (κ2) is 7.47. The summed E-state index contributed by atoms with van der Waals surface area (Å²) in [6, 6.07) is 6.37. The zero-order valence-corrected chi connectivity index (χ0v) is 14.8. The molecule has 9 heteroatoms. The molecule has 1 N–H and O–H groups in total. The smallest absolute Gasteiger partial charge is 0.300 e. The first-order valence-electron chi connectivity index (χ1n) is 8.32. The third-order valence-corrected chi connectivity index (χ3v) is 5.49. The second-order valence-corrected chi connectivity index (χ2v) is 7.72. The van der Waals surface area contributed by atoms with Gasteiger partial charge in [0.15, 0.2) is 16.5 Å². The molecule has 1 saturated carbocycles. The Kier molecular flexibility index (Phi) is 5.43. The standard InChI is InChI=1S/C18H16F4O4S/c19-13-15(21)18(27(23,24)25)16(22)14(20)17(13)26-12-9-5-4-8-11(12)10-6-2-1-3-7-10/h4-5,8-10H,1-3,6-7H2,(H,23,24,25). The molecule has 2 aromatic rings. The van der Waals surface area contributed by atoms with Gasteiger partial charge in [-0.25, -0.2) is 8.78 Å². The van der Waals surface area contributed by atoms with E-state index < -0.39 is 44.0 Å². The molecule has 2 aromatic carbocycles. The molecule has 0 radical (unpaired) electrons. The van der Waals surface area contributed by atoms with Crippen molar-refractivity contribution in [2.75, 3.05) is 0 Å². The fourth-order valence-electron chi connectivity index (χ4n) is 3.34. The van der Waals surface area contributed by atoms with Gasteiger partial charge in [-0.2, -0.15) is 17.2 Å². The molecule has 3 rings (SSSR count). The Morgan fingerprint density at radius 1 is 0.889 bits per heavy atom. The first-order chi connectivity index (χ1) is 12.7. The summed E-state index contributed by atoms with van der Waals surface area (Å²) < 4.78 is 92.3. The lowest BCUT2D eigenvalue weighted by Crippen LogP contribution is -2.12. The molecule has 0 aliphatic heterocycles. The van der Waals surface area contributed by atoms with Crippen molar-refractivity contribution in [3.05, 3.63) is 53.1 Å². The lowest BCUT2D eigenvalue weighted by atomic mass is 9.84. The van der Waals surface area contributed by atoms with Crippen LogP contribution in [0.1, 0.15) is 43.6 Å². The molecule has 1 aliphatic carbocycles. The van der Waals surface area contributed by atoms with Crippen molar-refractivity contribution in [2.45, 2.75) is 42.9 Å². The summed E-state index contributed by atoms with van der Waals surface area (Å²) in [7, 11) is -5.51. The molecule has 27 heavy (non-hydrogen) atoms. The van der Waals surface area contributed by atoms with Crippen molar-refractivity contribution in [2.24, 2.45) is 0 Å². The van der Waals surface area contributed by atoms with E-state index >= 15 is 0 Å². The van der Waals surface area contributed by atoms with Crippen LogP contribution in [0.15, 0.2) is 29.2 Å². The van der Waals surface area contributed by atoms with Gasteiger partial charge in [0.25, 0.3) is 0 Å². The maximum atomic E-state index is 14.2. The lowest BCUT2D eigenvalue weighted by molar-refractivity contribution is 0.341. The highest BCUT2D eigenvalue weighted by atomic mass is 32.2. The summed E-state index contributed by atoms with van der Waals surface area (Å²) in [5.41, 5.74) is 0.649. The normalized spacial score (nSPS) is 15.7. The molecule has 4 nitrogen and oxygen atoms in total. The van der Waals surface area contributed by atoms with E-state index in [4.69, 9.17) is 9.29 Å². The maximum absolute atomic E-state index is 14.2. The largest absolute Gasteiger partial charge is 0.451 e. The van der Waals surface area contributed by atoms with Gasteiger partial charge in [0.05, 0.1) is 0 Å². The summed E-state index contributed by atoms with van der Waals surface area (Å²) in [6.07, 6.45) is 4.73. The lowest BCUT2D eigenvalue weighted by Gasteiger charge is -2.24. The van der Waals surface area contributed by atoms with Crippen LogP contribution in [0.25, 0.3) is 0 Å². The van der Waals surface area contributed by atoms with Crippen LogP contribution in [0.3, 0.4) is 0 Å². The summed E-state index contributed by atoms with van der Waals surface area (Å²) >= 11 is 0. The highest BCUT2D eigenvalue weighted by Crippen LogP contribution is 2.41. The van der Waals surface area contributed by atoms with Crippen LogP contribution in [0.5, 0.6) is 11.5 Å². The van der Waals surface area contributed by atoms with Crippen molar-refractivity contribution in [1.82, 2.24) is 0 Å². The Bertz CT molecular complexity index is 941. The van der Waals surface area contributed by atoms with E-state index in [-0.39, 0.29) is 11.7 Å². The van der Waals surface area contributed by atoms with E-state index in [1.165, 1.54) is 12.1 Å². The number of ether oxygens (including phenoxy) is 1. The van der Waals surface area contributed by atoms with Gasteiger partial charge in [0, 0.05) is 0 Å². The van der Waals surface area contributed by atoms with E-state index in [0.29, 0.717) is 5.56 Å². The predicted octanol–water partition coefficient (Wildman–Crippen LogP) is 5.33. The Hall–Kier alpha value is -2.13. The average Bonchev–Trinajstić information content (AvgIpc) is 2.64. The Morgan fingerprint density at radius 3 is 2.00 bits per heavy atom. The average molecular weight is 404 g/mol. The summed E-state index contributed by atoms with van der Waals surface area (Å²) in [6.45, 7) is 0. The minimum atomic E-state index is -5.51. The second-order valence-electron chi connectivity index (χ2n) is 6.36. The van der Waals surface area contributed by atoms with E-state index in [1.54, 1.807) is 12.1 Å². The Morgan fingerprint density at radius 2 is 1.44 bits per heavy atom. The fourth-order valence-corrected chi connectivity index (χ4v) is 3.97. The van der Waals surface area contributed by atoms with Gasteiger partial charge in [-0.1, -0.05) is 37.5 Å². The van der Waals surface area contributed by atoms with E-state index in [1.807, 2.05) is 0 Å². The van der Waals surface area contributed by atoms with E-state index in [0.717, 1.165) is 32.1 Å². The molecule has 0 atom stereocenters. The van der Waals surface area contributed by atoms with Gasteiger partial charge >= 0.3 is 10.1 Å². The van der Waals surface area contributed by atoms with Crippen LogP contribution >= 0.6 is 0 Å². The zero-order chi connectivity index (χ0) is 19.8. The Balaban J connectivity index is 2.08. The molecule has 0 amide bonds. The van der Waals surface area contributed by atoms with Crippen molar-refractivity contribution < 1.29 is 35.3 Å². The van der Waals surface area contributed by atoms with Crippen LogP contribution < -0.4 is 4.74 Å². The zero-order valence-electron chi connectivity index (χ0n) is 14.0. The number of hydrogen-bond donors (Lipinski definition) is 1. The van der Waals surface area contributed by atoms with Crippen molar-refractivity contribution in [3.63, 3.8) is 0 Å². The van der Waals surface area contributed by atoms with Crippen molar-refractivity contribution in [1.29, 1.82) is 0 Å². The highest BCUT2D eigenvalue weighted by molar-refractivity contribution is 7.85. The number of rotatable bonds is 4. The van der Waals surface area contributed by atoms with Gasteiger partial charge in [0.2, 0.25) is 17.4 Å². The topological polar surface area (TPSA) is 63.6 Å². The van der Waals surface area contributed by atoms with E-state index in [2.05, 4.69) is 0 Å². The molecule has 1 aliphatic rings. The molecular weight excluding hydrogens is 388 g/mol. The number of hydrogen-bond acceptors (Lipinski definition) is 3. The van der Waals surface area contributed by atoms with Crippen molar-refractivity contribution in [3.8, 4) is 11.5 Å². The number of benzene rings is 2. The number of halogens is 4. The molecule has 0 saturated heterocycles. The quantitative estimate of drug-likeness (QED) is 0.425. The summed E-state index contributed by atoms with van der Waals surface area (Å²) in [5, 5.41) is 0. The molecule has 0 heterocycles. The highest BCUT2D eigenvalue weighted by Gasteiger charge is 2.34. The van der Waals surface area contributed by atoms with Crippen LogP contribution in [-0.4, -0.2) is 13.0 Å². The van der Waals surface area contributed by atoms with Gasteiger partial charge < -0.3 is 4.74 Å². The predicted molar refractivity (Wildman–Crippen MR) is 88.4 cm³/mol. The maximum Gasteiger partial charge on any atom is 0.300 e. The van der Waals surface area contributed by atoms with Crippen LogP contribution in [0, 0.1) is 23.3 Å². The summed E-state index contributed by atoms with van der Waals surface area (Å²) in [4.78, 5) is -2.09. The SMILES string of the molecule is O=S(=O)(O)c1c(F)c(F)c(Oc2ccccc2C2CCCCC2)c(F)c1F. The Labute approximate surface area is 153 Å². The number of para-hydroxylation sites is 1. The minimum absolute atomic E-state index is 0.0283. The van der Waals surface area contributed by atoms with Gasteiger partial charge in [-0.15, -0.1) is 0 Å². The molecule has 0 bridgehead atoms. The van der Waals surface area contributed by atoms with Gasteiger partial charge in [0.1, 0.15) is 5.75 Å². The van der Waals surface area contributed by atoms with E-state index in [9.17, 15) is 26.0 Å². The molecule has 0 aromatic heterocycles. The molecule has 0 unspecified atom stereocenters. The van der Waals surface area contributed by atoms with Crippen LogP contribution in [-0.2, 0) is 10.1 Å². The first kappa shape index (κ1) is 19.6. The third kappa shape index (κ3) is 3.79. The van der Waals surface area contributed by atoms with Crippen LogP contribution in [0.2, 0.25) is 0 Å². The molecule has 1 fully saturated rings. The fraction of sp³-hybridized carbons (Fsp3) is 0.333. The summed E-state index contributed by atoms with van der Waals surface area (Å²) in [5.74, 6) is -9.88.